The number of hydrogen-bond donors (Lipinski definition) is 1. The van der Waals surface area contributed by atoms with Gasteiger partial charge in [-0.2, -0.15) is 0 Å². The number of benzene rings is 1. The van der Waals surface area contributed by atoms with E-state index in [2.05, 4.69) is 16.9 Å². The SMILES string of the molecule is C=CC(C)Nc1nccc2cc(OC)c(OC)cc12. The Labute approximate surface area is 113 Å². The number of ether oxygens (including phenoxy) is 2. The lowest BCUT2D eigenvalue weighted by molar-refractivity contribution is 0.356. The van der Waals surface area contributed by atoms with Crippen LogP contribution >= 0.6 is 0 Å². The molecule has 1 N–H and O–H groups in total. The molecule has 1 aromatic heterocycles. The van der Waals surface area contributed by atoms with Gasteiger partial charge in [0.15, 0.2) is 11.5 Å². The fourth-order valence-electron chi connectivity index (χ4n) is 1.89. The highest BCUT2D eigenvalue weighted by Crippen LogP contribution is 2.34. The van der Waals surface area contributed by atoms with Crippen LogP contribution in [0.25, 0.3) is 10.8 Å². The summed E-state index contributed by atoms with van der Waals surface area (Å²) >= 11 is 0. The van der Waals surface area contributed by atoms with Crippen molar-refractivity contribution in [3.05, 3.63) is 37.1 Å². The van der Waals surface area contributed by atoms with E-state index in [0.717, 1.165) is 16.6 Å². The van der Waals surface area contributed by atoms with Crippen molar-refractivity contribution >= 4 is 16.6 Å². The van der Waals surface area contributed by atoms with Gasteiger partial charge in [-0.15, -0.1) is 6.58 Å². The molecule has 19 heavy (non-hydrogen) atoms. The zero-order valence-corrected chi connectivity index (χ0v) is 11.4. The van der Waals surface area contributed by atoms with Crippen LogP contribution in [-0.4, -0.2) is 25.2 Å². The fraction of sp³-hybridized carbons (Fsp3) is 0.267. The summed E-state index contributed by atoms with van der Waals surface area (Å²) in [5, 5.41) is 5.34. The van der Waals surface area contributed by atoms with Gasteiger partial charge in [0, 0.05) is 17.6 Å². The second kappa shape index (κ2) is 5.61. The summed E-state index contributed by atoms with van der Waals surface area (Å²) in [5.74, 6) is 2.21. The predicted molar refractivity (Wildman–Crippen MR) is 78.1 cm³/mol. The highest BCUT2D eigenvalue weighted by atomic mass is 16.5. The largest absolute Gasteiger partial charge is 0.493 e. The highest BCUT2D eigenvalue weighted by molar-refractivity contribution is 5.94. The molecule has 4 nitrogen and oxygen atoms in total. The van der Waals surface area contributed by atoms with Gasteiger partial charge in [-0.1, -0.05) is 6.08 Å². The molecule has 2 rings (SSSR count). The number of nitrogens with one attached hydrogen (secondary N) is 1. The smallest absolute Gasteiger partial charge is 0.161 e. The molecule has 0 saturated heterocycles. The molecule has 0 aliphatic rings. The second-order valence-corrected chi connectivity index (χ2v) is 4.26. The van der Waals surface area contributed by atoms with Crippen LogP contribution < -0.4 is 14.8 Å². The van der Waals surface area contributed by atoms with Gasteiger partial charge in [0.1, 0.15) is 5.82 Å². The Hall–Kier alpha value is -2.23. The molecular weight excluding hydrogens is 240 g/mol. The standard InChI is InChI=1S/C15H18N2O2/c1-5-10(2)17-15-12-9-14(19-4)13(18-3)8-11(12)6-7-16-15/h5-10H,1H2,2-4H3,(H,16,17). The first-order valence-electron chi connectivity index (χ1n) is 6.09. The van der Waals surface area contributed by atoms with E-state index in [9.17, 15) is 0 Å². The Morgan fingerprint density at radius 1 is 1.26 bits per heavy atom. The first-order valence-corrected chi connectivity index (χ1v) is 6.09. The first kappa shape index (κ1) is 13.2. The maximum atomic E-state index is 5.33. The van der Waals surface area contributed by atoms with Gasteiger partial charge in [0.2, 0.25) is 0 Å². The molecule has 0 amide bonds. The molecule has 0 radical (unpaired) electrons. The van der Waals surface area contributed by atoms with Crippen LogP contribution in [0.15, 0.2) is 37.1 Å². The molecule has 1 aromatic carbocycles. The zero-order chi connectivity index (χ0) is 13.8. The summed E-state index contributed by atoms with van der Waals surface area (Å²) in [6.07, 6.45) is 3.60. The average molecular weight is 258 g/mol. The summed E-state index contributed by atoms with van der Waals surface area (Å²) in [6, 6.07) is 5.96. The lowest BCUT2D eigenvalue weighted by Gasteiger charge is -2.14. The monoisotopic (exact) mass is 258 g/mol. The van der Waals surface area contributed by atoms with E-state index in [1.54, 1.807) is 20.4 Å². The van der Waals surface area contributed by atoms with Crippen molar-refractivity contribution in [1.82, 2.24) is 4.98 Å². The molecule has 0 aliphatic carbocycles. The van der Waals surface area contributed by atoms with Crippen molar-refractivity contribution < 1.29 is 9.47 Å². The van der Waals surface area contributed by atoms with Crippen molar-refractivity contribution in [3.63, 3.8) is 0 Å². The third kappa shape index (κ3) is 2.62. The van der Waals surface area contributed by atoms with Crippen molar-refractivity contribution in [2.75, 3.05) is 19.5 Å². The maximum Gasteiger partial charge on any atom is 0.161 e. The first-order chi connectivity index (χ1) is 9.19. The molecule has 0 fully saturated rings. The molecule has 0 bridgehead atoms. The van der Waals surface area contributed by atoms with E-state index in [1.165, 1.54) is 0 Å². The van der Waals surface area contributed by atoms with Crippen LogP contribution in [0.1, 0.15) is 6.92 Å². The van der Waals surface area contributed by atoms with Gasteiger partial charge in [0.05, 0.1) is 14.2 Å². The quantitative estimate of drug-likeness (QED) is 0.836. The fourth-order valence-corrected chi connectivity index (χ4v) is 1.89. The molecule has 0 spiro atoms. The van der Waals surface area contributed by atoms with E-state index in [-0.39, 0.29) is 6.04 Å². The number of anilines is 1. The molecule has 1 heterocycles. The van der Waals surface area contributed by atoms with Crippen molar-refractivity contribution in [2.45, 2.75) is 13.0 Å². The molecule has 0 aliphatic heterocycles. The lowest BCUT2D eigenvalue weighted by atomic mass is 10.1. The third-order valence-electron chi connectivity index (χ3n) is 2.99. The van der Waals surface area contributed by atoms with Crippen LogP contribution in [0.3, 0.4) is 0 Å². The van der Waals surface area contributed by atoms with Gasteiger partial charge >= 0.3 is 0 Å². The van der Waals surface area contributed by atoms with Crippen molar-refractivity contribution in [3.8, 4) is 11.5 Å². The van der Waals surface area contributed by atoms with Crippen molar-refractivity contribution in [1.29, 1.82) is 0 Å². The minimum absolute atomic E-state index is 0.145. The molecule has 0 saturated carbocycles. The summed E-state index contributed by atoms with van der Waals surface area (Å²) < 4.78 is 10.6. The van der Waals surface area contributed by atoms with Crippen LogP contribution in [-0.2, 0) is 0 Å². The molecule has 1 unspecified atom stereocenters. The summed E-state index contributed by atoms with van der Waals surface area (Å²) in [6.45, 7) is 5.79. The number of fused-ring (bicyclic) bond motifs is 1. The summed E-state index contributed by atoms with van der Waals surface area (Å²) in [7, 11) is 3.25. The number of pyridine rings is 1. The van der Waals surface area contributed by atoms with Crippen LogP contribution in [0.4, 0.5) is 5.82 Å². The number of aromatic nitrogens is 1. The average Bonchev–Trinajstić information content (AvgIpc) is 2.45. The van der Waals surface area contributed by atoms with Gasteiger partial charge in [-0.05, 0) is 30.5 Å². The normalized spacial score (nSPS) is 11.9. The van der Waals surface area contributed by atoms with E-state index < -0.39 is 0 Å². The summed E-state index contributed by atoms with van der Waals surface area (Å²) in [4.78, 5) is 4.37. The van der Waals surface area contributed by atoms with Gasteiger partial charge in [0.25, 0.3) is 0 Å². The van der Waals surface area contributed by atoms with E-state index in [4.69, 9.17) is 9.47 Å². The molecule has 2 aromatic rings. The zero-order valence-electron chi connectivity index (χ0n) is 11.4. The Kier molecular flexibility index (Phi) is 3.90. The minimum Gasteiger partial charge on any atom is -0.493 e. The summed E-state index contributed by atoms with van der Waals surface area (Å²) in [5.41, 5.74) is 0. The Bertz CT molecular complexity index is 596. The molecule has 4 heteroatoms. The van der Waals surface area contributed by atoms with Gasteiger partial charge in [-0.25, -0.2) is 4.98 Å². The van der Waals surface area contributed by atoms with Crippen LogP contribution in [0, 0.1) is 0 Å². The highest BCUT2D eigenvalue weighted by Gasteiger charge is 2.10. The van der Waals surface area contributed by atoms with Crippen LogP contribution in [0.2, 0.25) is 0 Å². The molecular formula is C15H18N2O2. The van der Waals surface area contributed by atoms with Gasteiger partial charge < -0.3 is 14.8 Å². The van der Waals surface area contributed by atoms with E-state index in [0.29, 0.717) is 11.5 Å². The third-order valence-corrected chi connectivity index (χ3v) is 2.99. The second-order valence-electron chi connectivity index (χ2n) is 4.26. The molecule has 100 valence electrons. The lowest BCUT2D eigenvalue weighted by Crippen LogP contribution is -2.12. The van der Waals surface area contributed by atoms with Crippen LogP contribution in [0.5, 0.6) is 11.5 Å². The number of methoxy groups -OCH3 is 2. The Morgan fingerprint density at radius 3 is 2.58 bits per heavy atom. The van der Waals surface area contributed by atoms with Gasteiger partial charge in [-0.3, -0.25) is 0 Å². The predicted octanol–water partition coefficient (Wildman–Crippen LogP) is 3.24. The Morgan fingerprint density at radius 2 is 1.95 bits per heavy atom. The molecule has 1 atom stereocenters. The number of hydrogen-bond acceptors (Lipinski definition) is 4. The topological polar surface area (TPSA) is 43.4 Å². The number of rotatable bonds is 5. The minimum atomic E-state index is 0.145. The van der Waals surface area contributed by atoms with E-state index in [1.807, 2.05) is 31.2 Å². The maximum absolute atomic E-state index is 5.33. The van der Waals surface area contributed by atoms with Crippen molar-refractivity contribution in [2.24, 2.45) is 0 Å². The van der Waals surface area contributed by atoms with E-state index >= 15 is 0 Å². The number of nitrogens with zero attached hydrogens (tertiary/aromatic N) is 1. The Balaban J connectivity index is 2.57.